The highest BCUT2D eigenvalue weighted by Crippen LogP contribution is 2.28. The van der Waals surface area contributed by atoms with Crippen molar-refractivity contribution in [1.82, 2.24) is 14.8 Å². The fraction of sp³-hybridized carbons (Fsp3) is 0.200. The van der Waals surface area contributed by atoms with Gasteiger partial charge in [-0.25, -0.2) is 4.98 Å². The van der Waals surface area contributed by atoms with Crippen LogP contribution in [0.1, 0.15) is 5.82 Å². The van der Waals surface area contributed by atoms with Crippen LogP contribution in [0.4, 0.5) is 0 Å². The van der Waals surface area contributed by atoms with E-state index in [9.17, 15) is 0 Å². The molecule has 0 N–H and O–H groups in total. The largest absolute Gasteiger partial charge is 0.484 e. The summed E-state index contributed by atoms with van der Waals surface area (Å²) in [4.78, 5) is 4.03. The summed E-state index contributed by atoms with van der Waals surface area (Å²) in [5.74, 6) is 1.26. The number of ether oxygens (including phenoxy) is 1. The Morgan fingerprint density at radius 2 is 2.19 bits per heavy atom. The second-order valence-corrected chi connectivity index (χ2v) is 4.01. The maximum Gasteiger partial charge on any atom is 0.164 e. The van der Waals surface area contributed by atoms with Crippen molar-refractivity contribution in [3.8, 4) is 5.75 Å². The van der Waals surface area contributed by atoms with E-state index in [4.69, 9.17) is 27.9 Å². The second-order valence-electron chi connectivity index (χ2n) is 3.16. The van der Waals surface area contributed by atoms with Gasteiger partial charge in [-0.15, -0.1) is 0 Å². The van der Waals surface area contributed by atoms with Gasteiger partial charge in [-0.2, -0.15) is 5.10 Å². The van der Waals surface area contributed by atoms with E-state index >= 15 is 0 Å². The Labute approximate surface area is 103 Å². The minimum absolute atomic E-state index is 0.302. The van der Waals surface area contributed by atoms with Crippen LogP contribution in [0.5, 0.6) is 5.75 Å². The molecule has 0 spiro atoms. The van der Waals surface area contributed by atoms with Gasteiger partial charge >= 0.3 is 0 Å². The maximum atomic E-state index is 5.95. The predicted molar refractivity (Wildman–Crippen MR) is 61.8 cm³/mol. The molecule has 0 aliphatic carbocycles. The Kier molecular flexibility index (Phi) is 3.31. The van der Waals surface area contributed by atoms with Crippen LogP contribution >= 0.6 is 23.2 Å². The van der Waals surface area contributed by atoms with E-state index in [2.05, 4.69) is 10.1 Å². The number of benzene rings is 1. The molecule has 0 saturated carbocycles. The number of hydrogen-bond donors (Lipinski definition) is 0. The first-order valence-electron chi connectivity index (χ1n) is 4.57. The molecular formula is C10H9Cl2N3O. The van der Waals surface area contributed by atoms with Crippen molar-refractivity contribution in [2.45, 2.75) is 6.61 Å². The fourth-order valence-corrected chi connectivity index (χ4v) is 1.52. The summed E-state index contributed by atoms with van der Waals surface area (Å²) < 4.78 is 7.14. The van der Waals surface area contributed by atoms with Crippen molar-refractivity contribution in [3.63, 3.8) is 0 Å². The smallest absolute Gasteiger partial charge is 0.164 e. The van der Waals surface area contributed by atoms with Gasteiger partial charge in [0, 0.05) is 18.1 Å². The van der Waals surface area contributed by atoms with Crippen LogP contribution in [-0.4, -0.2) is 14.8 Å². The monoisotopic (exact) mass is 257 g/mol. The van der Waals surface area contributed by atoms with E-state index in [-0.39, 0.29) is 0 Å². The van der Waals surface area contributed by atoms with Gasteiger partial charge < -0.3 is 4.74 Å². The Hall–Kier alpha value is -1.26. The highest BCUT2D eigenvalue weighted by atomic mass is 35.5. The molecule has 0 amide bonds. The van der Waals surface area contributed by atoms with Crippen molar-refractivity contribution in [2.75, 3.05) is 0 Å². The van der Waals surface area contributed by atoms with Crippen molar-refractivity contribution in [2.24, 2.45) is 7.05 Å². The van der Waals surface area contributed by atoms with Gasteiger partial charge in [-0.3, -0.25) is 4.68 Å². The van der Waals surface area contributed by atoms with E-state index in [0.717, 1.165) is 5.82 Å². The number of aryl methyl sites for hydroxylation is 1. The average Bonchev–Trinajstić information content (AvgIpc) is 2.66. The molecule has 84 valence electrons. The summed E-state index contributed by atoms with van der Waals surface area (Å²) in [6.07, 6.45) is 1.47. The van der Waals surface area contributed by atoms with E-state index in [1.807, 2.05) is 0 Å². The zero-order valence-electron chi connectivity index (χ0n) is 8.52. The first-order valence-corrected chi connectivity index (χ1v) is 5.33. The fourth-order valence-electron chi connectivity index (χ4n) is 1.18. The molecule has 0 aliphatic rings. The molecule has 1 heterocycles. The topological polar surface area (TPSA) is 39.9 Å². The number of aromatic nitrogens is 3. The summed E-state index contributed by atoms with van der Waals surface area (Å²) in [7, 11) is 1.80. The minimum atomic E-state index is 0.302. The van der Waals surface area contributed by atoms with Gasteiger partial charge in [0.1, 0.15) is 18.7 Å². The highest BCUT2D eigenvalue weighted by molar-refractivity contribution is 6.34. The minimum Gasteiger partial charge on any atom is -0.484 e. The Morgan fingerprint density at radius 1 is 1.38 bits per heavy atom. The Morgan fingerprint density at radius 3 is 2.88 bits per heavy atom. The van der Waals surface area contributed by atoms with Crippen LogP contribution in [0.3, 0.4) is 0 Å². The van der Waals surface area contributed by atoms with Gasteiger partial charge in [0.25, 0.3) is 0 Å². The quantitative estimate of drug-likeness (QED) is 0.849. The molecule has 0 aliphatic heterocycles. The lowest BCUT2D eigenvalue weighted by atomic mass is 10.3. The zero-order chi connectivity index (χ0) is 11.5. The molecule has 1 aromatic heterocycles. The van der Waals surface area contributed by atoms with Gasteiger partial charge in [-0.1, -0.05) is 23.2 Å². The molecule has 1 aromatic carbocycles. The summed E-state index contributed by atoms with van der Waals surface area (Å²) in [6.45, 7) is 0.302. The molecule has 0 radical (unpaired) electrons. The van der Waals surface area contributed by atoms with Crippen LogP contribution in [0.2, 0.25) is 10.0 Å². The Balaban J connectivity index is 2.10. The van der Waals surface area contributed by atoms with E-state index < -0.39 is 0 Å². The SMILES string of the molecule is Cn1ncnc1COc1cc(Cl)ccc1Cl. The molecule has 2 aromatic rings. The summed E-state index contributed by atoms with van der Waals surface area (Å²) >= 11 is 11.8. The molecule has 0 unspecified atom stereocenters. The van der Waals surface area contributed by atoms with Crippen molar-refractivity contribution in [1.29, 1.82) is 0 Å². The first kappa shape index (κ1) is 11.2. The summed E-state index contributed by atoms with van der Waals surface area (Å²) in [5, 5.41) is 5.04. The zero-order valence-corrected chi connectivity index (χ0v) is 10.0. The predicted octanol–water partition coefficient (Wildman–Crippen LogP) is 2.70. The standard InChI is InChI=1S/C10H9Cl2N3O/c1-15-10(13-6-14-15)5-16-9-4-7(11)2-3-8(9)12/h2-4,6H,5H2,1H3. The van der Waals surface area contributed by atoms with Crippen LogP contribution < -0.4 is 4.74 Å². The van der Waals surface area contributed by atoms with Crippen molar-refractivity contribution >= 4 is 23.2 Å². The number of rotatable bonds is 3. The molecule has 0 fully saturated rings. The molecule has 0 saturated heterocycles. The number of hydrogen-bond acceptors (Lipinski definition) is 3. The summed E-state index contributed by atoms with van der Waals surface area (Å²) in [6, 6.07) is 5.06. The van der Waals surface area contributed by atoms with Gasteiger partial charge in [0.15, 0.2) is 5.82 Å². The van der Waals surface area contributed by atoms with E-state index in [0.29, 0.717) is 22.4 Å². The normalized spacial score (nSPS) is 10.4. The van der Waals surface area contributed by atoms with Crippen molar-refractivity contribution in [3.05, 3.63) is 40.4 Å². The molecule has 6 heteroatoms. The third kappa shape index (κ3) is 2.46. The number of nitrogens with zero attached hydrogens (tertiary/aromatic N) is 3. The second kappa shape index (κ2) is 4.72. The van der Waals surface area contributed by atoms with E-state index in [1.165, 1.54) is 6.33 Å². The van der Waals surface area contributed by atoms with Gasteiger partial charge in [-0.05, 0) is 12.1 Å². The van der Waals surface area contributed by atoms with Crippen LogP contribution in [-0.2, 0) is 13.7 Å². The van der Waals surface area contributed by atoms with Gasteiger partial charge in [0.2, 0.25) is 0 Å². The lowest BCUT2D eigenvalue weighted by molar-refractivity contribution is 0.290. The first-order chi connectivity index (χ1) is 7.66. The number of halogens is 2. The molecule has 16 heavy (non-hydrogen) atoms. The van der Waals surface area contributed by atoms with Crippen LogP contribution in [0.25, 0.3) is 0 Å². The Bertz CT molecular complexity index is 499. The third-order valence-electron chi connectivity index (χ3n) is 2.06. The average molecular weight is 258 g/mol. The van der Waals surface area contributed by atoms with Crippen molar-refractivity contribution < 1.29 is 4.74 Å². The van der Waals surface area contributed by atoms with Crippen LogP contribution in [0.15, 0.2) is 24.5 Å². The molecule has 4 nitrogen and oxygen atoms in total. The third-order valence-corrected chi connectivity index (χ3v) is 2.60. The van der Waals surface area contributed by atoms with E-state index in [1.54, 1.807) is 29.9 Å². The summed E-state index contributed by atoms with van der Waals surface area (Å²) in [5.41, 5.74) is 0. The van der Waals surface area contributed by atoms with Crippen LogP contribution in [0, 0.1) is 0 Å². The van der Waals surface area contributed by atoms with Gasteiger partial charge in [0.05, 0.1) is 5.02 Å². The maximum absolute atomic E-state index is 5.95. The highest BCUT2D eigenvalue weighted by Gasteiger charge is 2.05. The molecule has 2 rings (SSSR count). The molecular weight excluding hydrogens is 249 g/mol. The lowest BCUT2D eigenvalue weighted by Gasteiger charge is -2.07. The lowest BCUT2D eigenvalue weighted by Crippen LogP contribution is -2.04. The molecule has 0 atom stereocenters. The molecule has 0 bridgehead atoms.